The summed E-state index contributed by atoms with van der Waals surface area (Å²) >= 11 is 0. The third-order valence-electron chi connectivity index (χ3n) is 1.40. The fourth-order valence-corrected chi connectivity index (χ4v) is 0.847. The van der Waals surface area contributed by atoms with Crippen LogP contribution in [0.5, 0.6) is 5.75 Å². The highest BCUT2D eigenvalue weighted by molar-refractivity contribution is 5.88. The number of carboxylic acids is 1. The van der Waals surface area contributed by atoms with E-state index in [-0.39, 0.29) is 23.8 Å². The largest absolute Gasteiger partial charge is 0.483 e. The smallest absolute Gasteiger partial charge is 0.358 e. The predicted molar refractivity (Wildman–Crippen MR) is 47.4 cm³/mol. The molecule has 0 aliphatic rings. The SMILES string of the molecule is CC(=O)COc1cccnc1C(=O)O. The average molecular weight is 195 g/mol. The minimum absolute atomic E-state index is 0.107. The van der Waals surface area contributed by atoms with Crippen molar-refractivity contribution in [2.24, 2.45) is 0 Å². The fraction of sp³-hybridized carbons (Fsp3) is 0.222. The van der Waals surface area contributed by atoms with Gasteiger partial charge >= 0.3 is 5.97 Å². The lowest BCUT2D eigenvalue weighted by atomic mass is 10.3. The predicted octanol–water partition coefficient (Wildman–Crippen LogP) is 0.748. The summed E-state index contributed by atoms with van der Waals surface area (Å²) in [6.45, 7) is 1.21. The van der Waals surface area contributed by atoms with Crippen LogP contribution >= 0.6 is 0 Å². The number of ether oxygens (including phenoxy) is 1. The molecule has 1 N–H and O–H groups in total. The van der Waals surface area contributed by atoms with Gasteiger partial charge in [0.2, 0.25) is 0 Å². The molecule has 1 rings (SSSR count). The first kappa shape index (κ1) is 10.2. The Kier molecular flexibility index (Phi) is 3.17. The van der Waals surface area contributed by atoms with E-state index in [9.17, 15) is 9.59 Å². The first-order chi connectivity index (χ1) is 6.61. The number of aromatic nitrogens is 1. The second-order valence-electron chi connectivity index (χ2n) is 2.65. The quantitative estimate of drug-likeness (QED) is 0.767. The van der Waals surface area contributed by atoms with Gasteiger partial charge in [0.05, 0.1) is 0 Å². The van der Waals surface area contributed by atoms with Crippen molar-refractivity contribution in [3.63, 3.8) is 0 Å². The van der Waals surface area contributed by atoms with E-state index in [0.717, 1.165) is 0 Å². The van der Waals surface area contributed by atoms with Crippen LogP contribution in [-0.2, 0) is 4.79 Å². The number of carboxylic acid groups (broad SMARTS) is 1. The molecule has 1 aromatic heterocycles. The number of aromatic carboxylic acids is 1. The zero-order valence-electron chi connectivity index (χ0n) is 7.56. The minimum Gasteiger partial charge on any atom is -0.483 e. The number of carbonyl (C=O) groups excluding carboxylic acids is 1. The van der Waals surface area contributed by atoms with Gasteiger partial charge in [0.15, 0.2) is 17.2 Å². The van der Waals surface area contributed by atoms with E-state index in [2.05, 4.69) is 4.98 Å². The van der Waals surface area contributed by atoms with Crippen LogP contribution in [0, 0.1) is 0 Å². The molecule has 0 bridgehead atoms. The maximum Gasteiger partial charge on any atom is 0.358 e. The summed E-state index contributed by atoms with van der Waals surface area (Å²) in [7, 11) is 0. The van der Waals surface area contributed by atoms with Crippen molar-refractivity contribution >= 4 is 11.8 Å². The molecule has 0 aromatic carbocycles. The Balaban J connectivity index is 2.84. The van der Waals surface area contributed by atoms with Gasteiger partial charge in [0.1, 0.15) is 6.61 Å². The average Bonchev–Trinajstić information content (AvgIpc) is 2.15. The molecule has 1 heterocycles. The lowest BCUT2D eigenvalue weighted by molar-refractivity contribution is -0.118. The van der Waals surface area contributed by atoms with Crippen LogP contribution in [0.3, 0.4) is 0 Å². The van der Waals surface area contributed by atoms with Crippen molar-refractivity contribution in [1.82, 2.24) is 4.98 Å². The maximum atomic E-state index is 10.6. The summed E-state index contributed by atoms with van der Waals surface area (Å²) in [5, 5.41) is 8.70. The van der Waals surface area contributed by atoms with Crippen molar-refractivity contribution in [2.45, 2.75) is 6.92 Å². The summed E-state index contributed by atoms with van der Waals surface area (Å²) in [5.41, 5.74) is -0.186. The first-order valence-electron chi connectivity index (χ1n) is 3.92. The van der Waals surface area contributed by atoms with Crippen LogP contribution in [0.2, 0.25) is 0 Å². The topological polar surface area (TPSA) is 76.5 Å². The van der Waals surface area contributed by atoms with E-state index in [1.54, 1.807) is 6.07 Å². The molecular weight excluding hydrogens is 186 g/mol. The molecule has 0 aliphatic heterocycles. The number of hydrogen-bond donors (Lipinski definition) is 1. The highest BCUT2D eigenvalue weighted by Gasteiger charge is 2.12. The van der Waals surface area contributed by atoms with Gasteiger partial charge in [-0.2, -0.15) is 0 Å². The van der Waals surface area contributed by atoms with Crippen LogP contribution in [-0.4, -0.2) is 28.4 Å². The molecule has 14 heavy (non-hydrogen) atoms. The number of pyridine rings is 1. The molecule has 0 amide bonds. The van der Waals surface area contributed by atoms with Crippen LogP contribution in [0.25, 0.3) is 0 Å². The van der Waals surface area contributed by atoms with Crippen molar-refractivity contribution < 1.29 is 19.4 Å². The monoisotopic (exact) mass is 195 g/mol. The second-order valence-corrected chi connectivity index (χ2v) is 2.65. The molecule has 0 spiro atoms. The van der Waals surface area contributed by atoms with Gasteiger partial charge in [0, 0.05) is 6.20 Å². The maximum absolute atomic E-state index is 10.6. The van der Waals surface area contributed by atoms with Gasteiger partial charge in [-0.3, -0.25) is 4.79 Å². The molecule has 0 aliphatic carbocycles. The first-order valence-corrected chi connectivity index (χ1v) is 3.92. The fourth-order valence-electron chi connectivity index (χ4n) is 0.847. The molecule has 74 valence electrons. The lowest BCUT2D eigenvalue weighted by Crippen LogP contribution is -2.10. The van der Waals surface area contributed by atoms with E-state index in [1.807, 2.05) is 0 Å². The molecule has 5 nitrogen and oxygen atoms in total. The highest BCUT2D eigenvalue weighted by Crippen LogP contribution is 2.14. The molecule has 5 heteroatoms. The van der Waals surface area contributed by atoms with E-state index < -0.39 is 5.97 Å². The summed E-state index contributed by atoms with van der Waals surface area (Å²) < 4.78 is 4.97. The molecule has 0 atom stereocenters. The third-order valence-corrected chi connectivity index (χ3v) is 1.40. The molecule has 1 aromatic rings. The van der Waals surface area contributed by atoms with E-state index >= 15 is 0 Å². The highest BCUT2D eigenvalue weighted by atomic mass is 16.5. The number of carbonyl (C=O) groups is 2. The van der Waals surface area contributed by atoms with Crippen molar-refractivity contribution in [3.8, 4) is 5.75 Å². The second kappa shape index (κ2) is 4.36. The van der Waals surface area contributed by atoms with Crippen molar-refractivity contribution in [3.05, 3.63) is 24.0 Å². The Morgan fingerprint density at radius 3 is 2.86 bits per heavy atom. The van der Waals surface area contributed by atoms with Gasteiger partial charge in [-0.15, -0.1) is 0 Å². The Bertz CT molecular complexity index is 362. The van der Waals surface area contributed by atoms with E-state index in [0.29, 0.717) is 0 Å². The lowest BCUT2D eigenvalue weighted by Gasteiger charge is -2.05. The molecule has 0 saturated heterocycles. The number of nitrogens with zero attached hydrogens (tertiary/aromatic N) is 1. The Labute approximate surface area is 80.3 Å². The number of ketones is 1. The van der Waals surface area contributed by atoms with Gasteiger partial charge in [0.25, 0.3) is 0 Å². The summed E-state index contributed by atoms with van der Waals surface area (Å²) in [5.74, 6) is -1.25. The van der Waals surface area contributed by atoms with Crippen LogP contribution in [0.4, 0.5) is 0 Å². The third kappa shape index (κ3) is 2.55. The summed E-state index contributed by atoms with van der Waals surface area (Å²) in [6, 6.07) is 3.00. The van der Waals surface area contributed by atoms with E-state index in [1.165, 1.54) is 19.2 Å². The summed E-state index contributed by atoms with van der Waals surface area (Å²) in [4.78, 5) is 24.9. The van der Waals surface area contributed by atoms with Crippen LogP contribution in [0.1, 0.15) is 17.4 Å². The number of rotatable bonds is 4. The Morgan fingerprint density at radius 1 is 1.57 bits per heavy atom. The molecule has 0 radical (unpaired) electrons. The normalized spacial score (nSPS) is 9.50. The summed E-state index contributed by atoms with van der Waals surface area (Å²) in [6.07, 6.45) is 1.35. The minimum atomic E-state index is -1.18. The molecule has 0 unspecified atom stereocenters. The van der Waals surface area contributed by atoms with Gasteiger partial charge < -0.3 is 9.84 Å². The van der Waals surface area contributed by atoms with Crippen molar-refractivity contribution in [1.29, 1.82) is 0 Å². The zero-order valence-corrected chi connectivity index (χ0v) is 7.56. The Morgan fingerprint density at radius 2 is 2.29 bits per heavy atom. The van der Waals surface area contributed by atoms with Gasteiger partial charge in [-0.1, -0.05) is 0 Å². The van der Waals surface area contributed by atoms with Gasteiger partial charge in [-0.05, 0) is 19.1 Å². The van der Waals surface area contributed by atoms with E-state index in [4.69, 9.17) is 9.84 Å². The van der Waals surface area contributed by atoms with Crippen molar-refractivity contribution in [2.75, 3.05) is 6.61 Å². The standard InChI is InChI=1S/C9H9NO4/c1-6(11)5-14-7-3-2-4-10-8(7)9(12)13/h2-4H,5H2,1H3,(H,12,13). The van der Waals surface area contributed by atoms with Gasteiger partial charge in [-0.25, -0.2) is 9.78 Å². The molecule has 0 fully saturated rings. The van der Waals surface area contributed by atoms with Crippen LogP contribution in [0.15, 0.2) is 18.3 Å². The zero-order chi connectivity index (χ0) is 10.6. The molecular formula is C9H9NO4. The number of hydrogen-bond acceptors (Lipinski definition) is 4. The number of Topliss-reactive ketones (excluding diaryl/α,β-unsaturated/α-hetero) is 1. The van der Waals surface area contributed by atoms with Crippen LogP contribution < -0.4 is 4.74 Å². The Hall–Kier alpha value is -1.91. The molecule has 0 saturated carbocycles.